The Labute approximate surface area is 185 Å². The minimum atomic E-state index is -3.81. The van der Waals surface area contributed by atoms with Gasteiger partial charge in [-0.15, -0.1) is 0 Å². The van der Waals surface area contributed by atoms with E-state index in [-0.39, 0.29) is 4.90 Å². The average molecular weight is 453 g/mol. The van der Waals surface area contributed by atoms with Crippen molar-refractivity contribution in [3.8, 4) is 11.1 Å². The van der Waals surface area contributed by atoms with E-state index in [2.05, 4.69) is 31.7 Å². The molecule has 1 aliphatic heterocycles. The van der Waals surface area contributed by atoms with Crippen molar-refractivity contribution in [3.63, 3.8) is 0 Å². The number of sulfonamides is 1. The topological polar surface area (TPSA) is 78.1 Å². The molecule has 2 aromatic carbocycles. The number of halogens is 1. The number of aromatic nitrogens is 2. The van der Waals surface area contributed by atoms with E-state index >= 15 is 0 Å². The Bertz CT molecular complexity index is 1360. The number of fused-ring (bicyclic) bond motifs is 1. The van der Waals surface area contributed by atoms with Crippen LogP contribution in [0.4, 0.5) is 11.4 Å². The third-order valence-corrected chi connectivity index (χ3v) is 7.15. The van der Waals surface area contributed by atoms with E-state index in [1.165, 1.54) is 30.7 Å². The summed E-state index contributed by atoms with van der Waals surface area (Å²) in [5.74, 6) is 0. The summed E-state index contributed by atoms with van der Waals surface area (Å²) >= 11 is 5.99. The molecule has 0 bridgehead atoms. The van der Waals surface area contributed by atoms with Gasteiger partial charge in [-0.3, -0.25) is 4.72 Å². The van der Waals surface area contributed by atoms with E-state index in [9.17, 15) is 8.42 Å². The van der Waals surface area contributed by atoms with Crippen LogP contribution in [0, 0.1) is 0 Å². The van der Waals surface area contributed by atoms with E-state index in [0.717, 1.165) is 29.6 Å². The molecule has 1 fully saturated rings. The molecule has 0 atom stereocenters. The normalized spacial score (nSPS) is 14.3. The van der Waals surface area contributed by atoms with Gasteiger partial charge in [-0.1, -0.05) is 29.8 Å². The number of benzene rings is 2. The number of anilines is 2. The highest BCUT2D eigenvalue weighted by Gasteiger charge is 2.19. The molecule has 2 N–H and O–H groups in total. The highest BCUT2D eigenvalue weighted by atomic mass is 35.5. The zero-order valence-electron chi connectivity index (χ0n) is 16.7. The maximum atomic E-state index is 13.0. The van der Waals surface area contributed by atoms with Crippen LogP contribution in [0.1, 0.15) is 12.8 Å². The van der Waals surface area contributed by atoms with E-state index < -0.39 is 10.0 Å². The van der Waals surface area contributed by atoms with Crippen molar-refractivity contribution in [2.45, 2.75) is 17.7 Å². The number of H-pyrrole nitrogens is 1. The summed E-state index contributed by atoms with van der Waals surface area (Å²) in [5, 5.41) is 1.09. The molecule has 6 nitrogen and oxygen atoms in total. The Kier molecular flexibility index (Phi) is 5.08. The molecule has 0 saturated carbocycles. The van der Waals surface area contributed by atoms with Crippen LogP contribution >= 0.6 is 11.6 Å². The molecule has 0 amide bonds. The molecule has 0 unspecified atom stereocenters. The van der Waals surface area contributed by atoms with Gasteiger partial charge in [0.15, 0.2) is 0 Å². The fourth-order valence-electron chi connectivity index (χ4n) is 4.05. The summed E-state index contributed by atoms with van der Waals surface area (Å²) in [7, 11) is -3.81. The summed E-state index contributed by atoms with van der Waals surface area (Å²) in [6, 6.07) is 16.2. The summed E-state index contributed by atoms with van der Waals surface area (Å²) in [6.07, 6.45) is 5.87. The molecule has 3 heterocycles. The summed E-state index contributed by atoms with van der Waals surface area (Å²) in [5.41, 5.74) is 4.16. The first-order chi connectivity index (χ1) is 15.0. The Balaban J connectivity index is 1.57. The number of hydrogen-bond donors (Lipinski definition) is 2. The first kappa shape index (κ1) is 19.9. The number of nitrogens with one attached hydrogen (secondary N) is 2. The molecule has 8 heteroatoms. The van der Waals surface area contributed by atoms with Crippen LogP contribution in [0.25, 0.3) is 22.2 Å². The van der Waals surface area contributed by atoms with E-state index in [1.54, 1.807) is 24.4 Å². The molecule has 0 spiro atoms. The molecule has 0 aliphatic carbocycles. The molecular formula is C23H21ClN4O2S. The van der Waals surface area contributed by atoms with Gasteiger partial charge >= 0.3 is 0 Å². The van der Waals surface area contributed by atoms with Gasteiger partial charge < -0.3 is 9.88 Å². The lowest BCUT2D eigenvalue weighted by Crippen LogP contribution is -2.17. The first-order valence-corrected chi connectivity index (χ1v) is 12.0. The number of hydrogen-bond acceptors (Lipinski definition) is 4. The fraction of sp³-hybridized carbons (Fsp3) is 0.174. The summed E-state index contributed by atoms with van der Waals surface area (Å²) in [6.45, 7) is 2.12. The standard InChI is InChI=1S/C23H21ClN4O2S/c24-17-6-4-8-19(14-17)31(29,30)27-21-9-10-25-23-22(21)20(15-26-23)16-5-3-7-18(13-16)28-11-1-2-12-28/h3-10,13-15H,1-2,11-12H2,(H2,25,26,27). The Morgan fingerprint density at radius 2 is 1.84 bits per heavy atom. The highest BCUT2D eigenvalue weighted by Crippen LogP contribution is 2.36. The van der Waals surface area contributed by atoms with Crippen molar-refractivity contribution >= 4 is 44.0 Å². The second kappa shape index (κ2) is 7.90. The van der Waals surface area contributed by atoms with Gasteiger partial charge in [-0.25, -0.2) is 13.4 Å². The zero-order valence-corrected chi connectivity index (χ0v) is 18.2. The molecule has 1 saturated heterocycles. The predicted molar refractivity (Wildman–Crippen MR) is 125 cm³/mol. The van der Waals surface area contributed by atoms with Gasteiger partial charge in [0.25, 0.3) is 10.0 Å². The molecule has 2 aromatic heterocycles. The van der Waals surface area contributed by atoms with Gasteiger partial charge in [-0.05, 0) is 54.8 Å². The number of pyridine rings is 1. The second-order valence-corrected chi connectivity index (χ2v) is 9.71. The smallest absolute Gasteiger partial charge is 0.261 e. The summed E-state index contributed by atoms with van der Waals surface area (Å²) < 4.78 is 28.7. The lowest BCUT2D eigenvalue weighted by atomic mass is 10.0. The predicted octanol–water partition coefficient (Wildman–Crippen LogP) is 5.28. The highest BCUT2D eigenvalue weighted by molar-refractivity contribution is 7.92. The van der Waals surface area contributed by atoms with Crippen LogP contribution in [-0.4, -0.2) is 31.5 Å². The van der Waals surface area contributed by atoms with Gasteiger partial charge in [-0.2, -0.15) is 0 Å². The maximum absolute atomic E-state index is 13.0. The van der Waals surface area contributed by atoms with Crippen molar-refractivity contribution in [2.24, 2.45) is 0 Å². The van der Waals surface area contributed by atoms with Crippen molar-refractivity contribution in [1.82, 2.24) is 9.97 Å². The van der Waals surface area contributed by atoms with Crippen molar-refractivity contribution < 1.29 is 8.42 Å². The monoisotopic (exact) mass is 452 g/mol. The van der Waals surface area contributed by atoms with E-state index in [0.29, 0.717) is 16.4 Å². The lowest BCUT2D eigenvalue weighted by Gasteiger charge is -2.18. The second-order valence-electron chi connectivity index (χ2n) is 7.59. The Morgan fingerprint density at radius 3 is 2.65 bits per heavy atom. The molecule has 4 aromatic rings. The van der Waals surface area contributed by atoms with Crippen LogP contribution in [0.3, 0.4) is 0 Å². The Morgan fingerprint density at radius 1 is 1.03 bits per heavy atom. The van der Waals surface area contributed by atoms with E-state index in [1.807, 2.05) is 18.3 Å². The minimum absolute atomic E-state index is 0.109. The first-order valence-electron chi connectivity index (χ1n) is 10.1. The van der Waals surface area contributed by atoms with Crippen LogP contribution in [0.5, 0.6) is 0 Å². The zero-order chi connectivity index (χ0) is 21.4. The average Bonchev–Trinajstić information content (AvgIpc) is 3.44. The minimum Gasteiger partial charge on any atom is -0.372 e. The number of nitrogens with zero attached hydrogens (tertiary/aromatic N) is 2. The van der Waals surface area contributed by atoms with Gasteiger partial charge in [0.2, 0.25) is 0 Å². The van der Waals surface area contributed by atoms with Crippen molar-refractivity contribution in [1.29, 1.82) is 0 Å². The van der Waals surface area contributed by atoms with E-state index in [4.69, 9.17) is 11.6 Å². The third-order valence-electron chi connectivity index (χ3n) is 5.55. The van der Waals surface area contributed by atoms with Crippen LogP contribution in [0.15, 0.2) is 71.9 Å². The van der Waals surface area contributed by atoms with Crippen LogP contribution in [-0.2, 0) is 10.0 Å². The number of aromatic amines is 1. The largest absolute Gasteiger partial charge is 0.372 e. The third kappa shape index (κ3) is 3.86. The SMILES string of the molecule is O=S(=O)(Nc1ccnc2[nH]cc(-c3cccc(N4CCCC4)c3)c12)c1cccc(Cl)c1. The molecule has 1 aliphatic rings. The molecule has 158 valence electrons. The van der Waals surface area contributed by atoms with Gasteiger partial charge in [0.05, 0.1) is 16.0 Å². The molecule has 0 radical (unpaired) electrons. The fourth-order valence-corrected chi connectivity index (χ4v) is 5.42. The molecule has 31 heavy (non-hydrogen) atoms. The molecular weight excluding hydrogens is 432 g/mol. The number of rotatable bonds is 5. The summed E-state index contributed by atoms with van der Waals surface area (Å²) in [4.78, 5) is 10.0. The van der Waals surface area contributed by atoms with Crippen molar-refractivity contribution in [3.05, 3.63) is 72.0 Å². The molecule has 5 rings (SSSR count). The van der Waals surface area contributed by atoms with Gasteiger partial charge in [0.1, 0.15) is 5.65 Å². The van der Waals surface area contributed by atoms with Crippen molar-refractivity contribution in [2.75, 3.05) is 22.7 Å². The maximum Gasteiger partial charge on any atom is 0.261 e. The quantitative estimate of drug-likeness (QED) is 0.431. The lowest BCUT2D eigenvalue weighted by molar-refractivity contribution is 0.601. The Hall–Kier alpha value is -3.03. The van der Waals surface area contributed by atoms with Gasteiger partial charge in [0, 0.05) is 41.8 Å². The van der Waals surface area contributed by atoms with Crippen LogP contribution < -0.4 is 9.62 Å². The van der Waals surface area contributed by atoms with Crippen LogP contribution in [0.2, 0.25) is 5.02 Å².